The molecule has 2 rings (SSSR count). The minimum absolute atomic E-state index is 0.0446. The molecule has 0 aromatic carbocycles. The van der Waals surface area contributed by atoms with Crippen LogP contribution >= 0.6 is 0 Å². The molecule has 2 atom stereocenters. The van der Waals surface area contributed by atoms with E-state index in [2.05, 4.69) is 0 Å². The van der Waals surface area contributed by atoms with E-state index in [1.165, 1.54) is 9.80 Å². The van der Waals surface area contributed by atoms with Crippen LogP contribution in [0.15, 0.2) is 0 Å². The molecule has 0 aromatic rings. The fourth-order valence-corrected chi connectivity index (χ4v) is 2.22. The highest BCUT2D eigenvalue weighted by atomic mass is 16.5. The first-order chi connectivity index (χ1) is 9.50. The molecule has 2 heterocycles. The fraction of sp³-hybridized carbons (Fsp3) is 0.727. The summed E-state index contributed by atoms with van der Waals surface area (Å²) >= 11 is 0. The lowest BCUT2D eigenvalue weighted by molar-refractivity contribution is -0.155. The first-order valence-electron chi connectivity index (χ1n) is 6.27. The number of carbonyl (C=O) groups is 3. The normalized spacial score (nSPS) is 27.2. The van der Waals surface area contributed by atoms with Crippen LogP contribution in [0.5, 0.6) is 0 Å². The summed E-state index contributed by atoms with van der Waals surface area (Å²) in [5.74, 6) is -1.75. The molecule has 0 aliphatic carbocycles. The van der Waals surface area contributed by atoms with Gasteiger partial charge in [0, 0.05) is 13.1 Å². The van der Waals surface area contributed by atoms with Crippen molar-refractivity contribution in [1.29, 1.82) is 0 Å². The average molecular weight is 287 g/mol. The summed E-state index contributed by atoms with van der Waals surface area (Å²) in [5.41, 5.74) is 5.25. The van der Waals surface area contributed by atoms with Gasteiger partial charge in [0.2, 0.25) is 5.91 Å². The highest BCUT2D eigenvalue weighted by Crippen LogP contribution is 2.13. The van der Waals surface area contributed by atoms with Crippen molar-refractivity contribution in [2.75, 3.05) is 39.5 Å². The van der Waals surface area contributed by atoms with Crippen LogP contribution in [-0.2, 0) is 19.1 Å². The van der Waals surface area contributed by atoms with E-state index in [9.17, 15) is 14.4 Å². The number of urea groups is 1. The lowest BCUT2D eigenvalue weighted by atomic mass is 10.2. The minimum Gasteiger partial charge on any atom is -0.479 e. The van der Waals surface area contributed by atoms with Gasteiger partial charge in [-0.3, -0.25) is 4.79 Å². The first-order valence-corrected chi connectivity index (χ1v) is 6.27. The van der Waals surface area contributed by atoms with Crippen molar-refractivity contribution in [2.45, 2.75) is 12.1 Å². The summed E-state index contributed by atoms with van der Waals surface area (Å²) in [6.45, 7) is 1.02. The Kier molecular flexibility index (Phi) is 4.40. The Morgan fingerprint density at radius 1 is 1.20 bits per heavy atom. The molecule has 112 valence electrons. The van der Waals surface area contributed by atoms with Gasteiger partial charge >= 0.3 is 12.0 Å². The molecule has 2 saturated heterocycles. The zero-order valence-corrected chi connectivity index (χ0v) is 10.9. The van der Waals surface area contributed by atoms with Crippen molar-refractivity contribution in [3.63, 3.8) is 0 Å². The van der Waals surface area contributed by atoms with Gasteiger partial charge in [-0.25, -0.2) is 9.59 Å². The van der Waals surface area contributed by atoms with Gasteiger partial charge in [-0.1, -0.05) is 0 Å². The van der Waals surface area contributed by atoms with Gasteiger partial charge in [-0.05, 0) is 0 Å². The van der Waals surface area contributed by atoms with Crippen LogP contribution < -0.4 is 5.73 Å². The van der Waals surface area contributed by atoms with Gasteiger partial charge in [0.05, 0.1) is 26.4 Å². The SMILES string of the molecule is NC(=O)C1COCCN1C(=O)N1CCOC(C(=O)O)C1. The fourth-order valence-electron chi connectivity index (χ4n) is 2.22. The van der Waals surface area contributed by atoms with Crippen LogP contribution in [0.4, 0.5) is 4.79 Å². The van der Waals surface area contributed by atoms with Crippen LogP contribution in [-0.4, -0.2) is 84.4 Å². The van der Waals surface area contributed by atoms with Gasteiger partial charge in [-0.15, -0.1) is 0 Å². The van der Waals surface area contributed by atoms with Crippen molar-refractivity contribution >= 4 is 17.9 Å². The Morgan fingerprint density at radius 3 is 2.60 bits per heavy atom. The van der Waals surface area contributed by atoms with E-state index in [1.54, 1.807) is 0 Å². The topological polar surface area (TPSA) is 122 Å². The molecule has 3 N–H and O–H groups in total. The van der Waals surface area contributed by atoms with Crippen molar-refractivity contribution in [3.8, 4) is 0 Å². The molecule has 0 radical (unpaired) electrons. The molecule has 0 saturated carbocycles. The number of nitrogens with two attached hydrogens (primary N) is 1. The van der Waals surface area contributed by atoms with Crippen LogP contribution in [0.1, 0.15) is 0 Å². The molecular formula is C11H17N3O6. The predicted octanol–water partition coefficient (Wildman–Crippen LogP) is -1.92. The third-order valence-corrected chi connectivity index (χ3v) is 3.32. The molecule has 0 spiro atoms. The number of ether oxygens (including phenoxy) is 2. The summed E-state index contributed by atoms with van der Waals surface area (Å²) in [7, 11) is 0. The van der Waals surface area contributed by atoms with E-state index in [-0.39, 0.29) is 32.8 Å². The van der Waals surface area contributed by atoms with E-state index < -0.39 is 30.1 Å². The molecule has 0 aromatic heterocycles. The molecule has 20 heavy (non-hydrogen) atoms. The zero-order valence-electron chi connectivity index (χ0n) is 10.9. The highest BCUT2D eigenvalue weighted by molar-refractivity contribution is 5.86. The number of rotatable bonds is 2. The van der Waals surface area contributed by atoms with Crippen molar-refractivity contribution in [1.82, 2.24) is 9.80 Å². The standard InChI is InChI=1S/C11H17N3O6/c12-9(15)7-6-19-3-2-14(7)11(18)13-1-4-20-8(5-13)10(16)17/h7-8H,1-6H2,(H2,12,15)(H,16,17). The van der Waals surface area contributed by atoms with Gasteiger partial charge in [0.25, 0.3) is 0 Å². The number of primary amides is 1. The second-order valence-electron chi connectivity index (χ2n) is 4.61. The molecule has 2 aliphatic rings. The Labute approximate surface area is 115 Å². The summed E-state index contributed by atoms with van der Waals surface area (Å²) in [6.07, 6.45) is -1.04. The van der Waals surface area contributed by atoms with E-state index in [0.29, 0.717) is 6.61 Å². The molecule has 0 bridgehead atoms. The quantitative estimate of drug-likeness (QED) is 0.610. The maximum absolute atomic E-state index is 12.4. The van der Waals surface area contributed by atoms with Crippen LogP contribution in [0, 0.1) is 0 Å². The Bertz CT molecular complexity index is 415. The van der Waals surface area contributed by atoms with Gasteiger partial charge < -0.3 is 30.1 Å². The van der Waals surface area contributed by atoms with E-state index >= 15 is 0 Å². The van der Waals surface area contributed by atoms with E-state index in [4.69, 9.17) is 20.3 Å². The number of hydrogen-bond acceptors (Lipinski definition) is 5. The number of carboxylic acid groups (broad SMARTS) is 1. The largest absolute Gasteiger partial charge is 0.479 e. The summed E-state index contributed by atoms with van der Waals surface area (Å²) < 4.78 is 10.2. The summed E-state index contributed by atoms with van der Waals surface area (Å²) in [6, 6.07) is -1.23. The van der Waals surface area contributed by atoms with Gasteiger partial charge in [0.1, 0.15) is 6.04 Å². The number of amides is 3. The zero-order chi connectivity index (χ0) is 14.7. The van der Waals surface area contributed by atoms with Crippen LogP contribution in [0.3, 0.4) is 0 Å². The number of hydrogen-bond donors (Lipinski definition) is 2. The Hall–Kier alpha value is -1.87. The molecular weight excluding hydrogens is 270 g/mol. The monoisotopic (exact) mass is 287 g/mol. The third kappa shape index (κ3) is 2.99. The van der Waals surface area contributed by atoms with E-state index in [0.717, 1.165) is 0 Å². The molecule has 9 heteroatoms. The molecule has 2 aliphatic heterocycles. The minimum atomic E-state index is -1.11. The second kappa shape index (κ2) is 6.06. The number of nitrogens with zero attached hydrogens (tertiary/aromatic N) is 2. The third-order valence-electron chi connectivity index (χ3n) is 3.32. The van der Waals surface area contributed by atoms with E-state index in [1.807, 2.05) is 0 Å². The number of morpholine rings is 2. The maximum atomic E-state index is 12.4. The lowest BCUT2D eigenvalue weighted by Crippen LogP contribution is -2.60. The number of carboxylic acids is 1. The van der Waals surface area contributed by atoms with Gasteiger partial charge in [-0.2, -0.15) is 0 Å². The molecule has 2 unspecified atom stereocenters. The summed E-state index contributed by atoms with van der Waals surface area (Å²) in [5, 5.41) is 8.92. The van der Waals surface area contributed by atoms with Crippen LogP contribution in [0.2, 0.25) is 0 Å². The second-order valence-corrected chi connectivity index (χ2v) is 4.61. The summed E-state index contributed by atoms with van der Waals surface area (Å²) in [4.78, 5) is 37.3. The Morgan fingerprint density at radius 2 is 1.95 bits per heavy atom. The lowest BCUT2D eigenvalue weighted by Gasteiger charge is -2.39. The number of aliphatic carboxylic acids is 1. The predicted molar refractivity (Wildman–Crippen MR) is 64.9 cm³/mol. The van der Waals surface area contributed by atoms with Crippen LogP contribution in [0.25, 0.3) is 0 Å². The van der Waals surface area contributed by atoms with Crippen molar-refractivity contribution in [3.05, 3.63) is 0 Å². The average Bonchev–Trinajstić information content (AvgIpc) is 2.46. The molecule has 9 nitrogen and oxygen atoms in total. The molecule has 3 amide bonds. The Balaban J connectivity index is 2.05. The number of carbonyl (C=O) groups excluding carboxylic acids is 2. The smallest absolute Gasteiger partial charge is 0.334 e. The highest BCUT2D eigenvalue weighted by Gasteiger charge is 2.37. The first kappa shape index (κ1) is 14.5. The van der Waals surface area contributed by atoms with Gasteiger partial charge in [0.15, 0.2) is 6.10 Å². The molecule has 2 fully saturated rings. The maximum Gasteiger partial charge on any atom is 0.334 e. The van der Waals surface area contributed by atoms with Crippen molar-refractivity contribution < 1.29 is 29.0 Å². The van der Waals surface area contributed by atoms with Crippen molar-refractivity contribution in [2.24, 2.45) is 5.73 Å².